The second-order valence-electron chi connectivity index (χ2n) is 8.36. The van der Waals surface area contributed by atoms with Gasteiger partial charge in [-0.2, -0.15) is 0 Å². The number of piperidine rings is 1. The van der Waals surface area contributed by atoms with Gasteiger partial charge in [-0.25, -0.2) is 0 Å². The van der Waals surface area contributed by atoms with Crippen LogP contribution in [0.2, 0.25) is 0 Å². The fourth-order valence-electron chi connectivity index (χ4n) is 4.76. The molecule has 1 saturated carbocycles. The van der Waals surface area contributed by atoms with Crippen molar-refractivity contribution in [3.05, 3.63) is 47.9 Å². The molecule has 2 aromatic heterocycles. The molecule has 1 aliphatic carbocycles. The van der Waals surface area contributed by atoms with Gasteiger partial charge in [0, 0.05) is 54.4 Å². The zero-order valence-electron chi connectivity index (χ0n) is 16.2. The third-order valence-corrected chi connectivity index (χ3v) is 6.48. The number of amides is 1. The number of nitrogens with zero attached hydrogens (tertiary/aromatic N) is 4. The van der Waals surface area contributed by atoms with E-state index in [1.54, 1.807) is 0 Å². The van der Waals surface area contributed by atoms with E-state index in [4.69, 9.17) is 0 Å². The Hall–Kier alpha value is -2.63. The lowest BCUT2D eigenvalue weighted by Gasteiger charge is -2.32. The summed E-state index contributed by atoms with van der Waals surface area (Å²) in [4.78, 5) is 18.0. The summed E-state index contributed by atoms with van der Waals surface area (Å²) in [6.07, 6.45) is 11.3. The van der Waals surface area contributed by atoms with Crippen LogP contribution in [0.15, 0.2) is 36.7 Å². The molecule has 28 heavy (non-hydrogen) atoms. The largest absolute Gasteiger partial charge is 0.361 e. The van der Waals surface area contributed by atoms with E-state index < -0.39 is 0 Å². The molecule has 1 amide bonds. The smallest absolute Gasteiger partial charge is 0.253 e. The van der Waals surface area contributed by atoms with Crippen LogP contribution < -0.4 is 0 Å². The Balaban J connectivity index is 1.17. The third-order valence-electron chi connectivity index (χ3n) is 6.48. The van der Waals surface area contributed by atoms with Gasteiger partial charge in [0.15, 0.2) is 0 Å². The van der Waals surface area contributed by atoms with Crippen molar-refractivity contribution in [2.45, 2.75) is 51.0 Å². The van der Waals surface area contributed by atoms with Crippen molar-refractivity contribution < 1.29 is 4.79 Å². The Labute approximate surface area is 164 Å². The molecular formula is C22H27N5O. The van der Waals surface area contributed by atoms with Crippen LogP contribution in [0.25, 0.3) is 10.9 Å². The highest BCUT2D eigenvalue weighted by atomic mass is 16.2. The molecule has 1 N–H and O–H groups in total. The van der Waals surface area contributed by atoms with Gasteiger partial charge in [-0.15, -0.1) is 5.10 Å². The summed E-state index contributed by atoms with van der Waals surface area (Å²) in [7, 11) is 0. The molecular weight excluding hydrogens is 350 g/mol. The number of hydrogen-bond donors (Lipinski definition) is 1. The minimum absolute atomic E-state index is 0.144. The minimum Gasteiger partial charge on any atom is -0.361 e. The van der Waals surface area contributed by atoms with Gasteiger partial charge in [-0.3, -0.25) is 9.48 Å². The zero-order chi connectivity index (χ0) is 18.9. The van der Waals surface area contributed by atoms with Gasteiger partial charge in [-0.05, 0) is 55.9 Å². The van der Waals surface area contributed by atoms with E-state index in [0.717, 1.165) is 48.9 Å². The molecule has 1 aliphatic heterocycles. The van der Waals surface area contributed by atoms with E-state index in [9.17, 15) is 4.79 Å². The number of aromatic nitrogens is 4. The number of benzene rings is 1. The van der Waals surface area contributed by atoms with E-state index in [1.165, 1.54) is 31.4 Å². The van der Waals surface area contributed by atoms with Gasteiger partial charge >= 0.3 is 0 Å². The predicted octanol–water partition coefficient (Wildman–Crippen LogP) is 3.97. The van der Waals surface area contributed by atoms with E-state index >= 15 is 0 Å². The number of hydrogen-bond acceptors (Lipinski definition) is 3. The van der Waals surface area contributed by atoms with Crippen molar-refractivity contribution in [2.75, 3.05) is 13.1 Å². The van der Waals surface area contributed by atoms with Crippen molar-refractivity contribution in [3.63, 3.8) is 0 Å². The Morgan fingerprint density at radius 1 is 1.11 bits per heavy atom. The van der Waals surface area contributed by atoms with Crippen LogP contribution in [0.3, 0.4) is 0 Å². The molecule has 6 nitrogen and oxygen atoms in total. The number of H-pyrrole nitrogens is 1. The van der Waals surface area contributed by atoms with Gasteiger partial charge in [0.25, 0.3) is 5.91 Å². The van der Waals surface area contributed by atoms with Crippen LogP contribution in [0.5, 0.6) is 0 Å². The maximum absolute atomic E-state index is 12.9. The van der Waals surface area contributed by atoms with Crippen molar-refractivity contribution in [2.24, 2.45) is 5.92 Å². The number of fused-ring (bicyclic) bond motifs is 1. The molecule has 0 bridgehead atoms. The van der Waals surface area contributed by atoms with Crippen molar-refractivity contribution in [1.29, 1.82) is 0 Å². The molecule has 2 fully saturated rings. The standard InChI is InChI=1S/C22H27N5O/c28-22(19-5-6-20-18(13-19)7-10-23-20)26-11-8-16(9-12-26)14-27-15-21(24-25-27)17-3-1-2-4-17/h5-7,10,13,15-17,23H,1-4,8-9,11-12,14H2. The molecule has 146 valence electrons. The Morgan fingerprint density at radius 3 is 2.75 bits per heavy atom. The first-order valence-corrected chi connectivity index (χ1v) is 10.5. The van der Waals surface area contributed by atoms with Crippen molar-refractivity contribution in [1.82, 2.24) is 24.9 Å². The average molecular weight is 377 g/mol. The molecule has 6 heteroatoms. The first kappa shape index (κ1) is 17.5. The molecule has 0 atom stereocenters. The normalized spacial score (nSPS) is 18.9. The van der Waals surface area contributed by atoms with Crippen LogP contribution in [0.1, 0.15) is 60.5 Å². The second-order valence-corrected chi connectivity index (χ2v) is 8.36. The lowest BCUT2D eigenvalue weighted by Crippen LogP contribution is -2.39. The van der Waals surface area contributed by atoms with Crippen molar-refractivity contribution in [3.8, 4) is 0 Å². The Bertz CT molecular complexity index is 960. The summed E-state index contributed by atoms with van der Waals surface area (Å²) in [5.41, 5.74) is 3.02. The number of carbonyl (C=O) groups excluding carboxylic acids is 1. The van der Waals surface area contributed by atoms with Crippen molar-refractivity contribution >= 4 is 16.8 Å². The second kappa shape index (κ2) is 7.41. The van der Waals surface area contributed by atoms with Crippen LogP contribution in [0, 0.1) is 5.92 Å². The molecule has 3 aromatic rings. The average Bonchev–Trinajstić information content (AvgIpc) is 3.48. The Morgan fingerprint density at radius 2 is 1.93 bits per heavy atom. The predicted molar refractivity (Wildman–Crippen MR) is 108 cm³/mol. The van der Waals surface area contributed by atoms with Gasteiger partial charge in [0.05, 0.1) is 5.69 Å². The summed E-state index contributed by atoms with van der Waals surface area (Å²) in [6, 6.07) is 7.91. The molecule has 1 aromatic carbocycles. The molecule has 3 heterocycles. The fraction of sp³-hybridized carbons (Fsp3) is 0.500. The SMILES string of the molecule is O=C(c1ccc2[nH]ccc2c1)N1CCC(Cn2cc(C3CCCC3)nn2)CC1. The molecule has 0 unspecified atom stereocenters. The lowest BCUT2D eigenvalue weighted by molar-refractivity contribution is 0.0681. The fourth-order valence-corrected chi connectivity index (χ4v) is 4.76. The molecule has 5 rings (SSSR count). The van der Waals surface area contributed by atoms with E-state index in [1.807, 2.05) is 40.0 Å². The molecule has 0 radical (unpaired) electrons. The summed E-state index contributed by atoms with van der Waals surface area (Å²) in [6.45, 7) is 2.55. The monoisotopic (exact) mass is 377 g/mol. The quantitative estimate of drug-likeness (QED) is 0.748. The molecule has 1 saturated heterocycles. The van der Waals surface area contributed by atoms with Gasteiger partial charge in [-0.1, -0.05) is 18.1 Å². The van der Waals surface area contributed by atoms with E-state index in [2.05, 4.69) is 21.5 Å². The highest BCUT2D eigenvalue weighted by molar-refractivity contribution is 5.98. The first-order chi connectivity index (χ1) is 13.8. The van der Waals surface area contributed by atoms with Gasteiger partial charge in [0.1, 0.15) is 0 Å². The number of aromatic amines is 1. The summed E-state index contributed by atoms with van der Waals surface area (Å²) < 4.78 is 2.02. The molecule has 0 spiro atoms. The maximum Gasteiger partial charge on any atom is 0.253 e. The maximum atomic E-state index is 12.9. The minimum atomic E-state index is 0.144. The number of likely N-dealkylation sites (tertiary alicyclic amines) is 1. The topological polar surface area (TPSA) is 66.8 Å². The van der Waals surface area contributed by atoms with Crippen LogP contribution in [-0.2, 0) is 6.54 Å². The number of rotatable bonds is 4. The zero-order valence-corrected chi connectivity index (χ0v) is 16.2. The summed E-state index contributed by atoms with van der Waals surface area (Å²) in [5.74, 6) is 1.32. The first-order valence-electron chi connectivity index (χ1n) is 10.5. The summed E-state index contributed by atoms with van der Waals surface area (Å²) >= 11 is 0. The van der Waals surface area contributed by atoms with Crippen LogP contribution in [-0.4, -0.2) is 43.9 Å². The van der Waals surface area contributed by atoms with Gasteiger partial charge < -0.3 is 9.88 Å². The Kier molecular flexibility index (Phi) is 4.63. The summed E-state index contributed by atoms with van der Waals surface area (Å²) in [5, 5.41) is 9.86. The van der Waals surface area contributed by atoms with E-state index in [-0.39, 0.29) is 5.91 Å². The molecule has 2 aliphatic rings. The lowest BCUT2D eigenvalue weighted by atomic mass is 9.96. The van der Waals surface area contributed by atoms with Crippen LogP contribution >= 0.6 is 0 Å². The third kappa shape index (κ3) is 3.43. The highest BCUT2D eigenvalue weighted by Gasteiger charge is 2.25. The number of carbonyl (C=O) groups is 1. The van der Waals surface area contributed by atoms with Crippen LogP contribution in [0.4, 0.5) is 0 Å². The van der Waals surface area contributed by atoms with Gasteiger partial charge in [0.2, 0.25) is 0 Å². The number of nitrogens with one attached hydrogen (secondary N) is 1. The highest BCUT2D eigenvalue weighted by Crippen LogP contribution is 2.32. The van der Waals surface area contributed by atoms with E-state index in [0.29, 0.717) is 11.8 Å².